The number of nitrogens with zero attached hydrogens (tertiary/aromatic N) is 1. The lowest BCUT2D eigenvalue weighted by molar-refractivity contribution is -0.157. The lowest BCUT2D eigenvalue weighted by Gasteiger charge is -2.44. The third-order valence-electron chi connectivity index (χ3n) is 6.90. The van der Waals surface area contributed by atoms with E-state index >= 15 is 0 Å². The number of nitrogens with two attached hydrogens (primary N) is 1. The number of likely N-dealkylation sites (tertiary alicyclic amines) is 1. The predicted octanol–water partition coefficient (Wildman–Crippen LogP) is 3.56. The van der Waals surface area contributed by atoms with Crippen LogP contribution in [0.2, 0.25) is 5.02 Å². The van der Waals surface area contributed by atoms with Crippen LogP contribution >= 0.6 is 11.6 Å². The van der Waals surface area contributed by atoms with Crippen LogP contribution in [0.4, 0.5) is 9.59 Å². The van der Waals surface area contributed by atoms with Gasteiger partial charge in [0.2, 0.25) is 12.7 Å². The summed E-state index contributed by atoms with van der Waals surface area (Å²) in [4.78, 5) is 65.0. The van der Waals surface area contributed by atoms with Gasteiger partial charge in [0.05, 0.1) is 12.5 Å². The molecule has 0 radical (unpaired) electrons. The fourth-order valence-corrected chi connectivity index (χ4v) is 4.86. The number of amides is 3. The topological polar surface area (TPSA) is 166 Å². The molecule has 4 N–H and O–H groups in total. The number of nitrogens with one attached hydrogen (secondary N) is 2. The van der Waals surface area contributed by atoms with E-state index in [-0.39, 0.29) is 24.2 Å². The molecule has 1 fully saturated rings. The van der Waals surface area contributed by atoms with E-state index in [0.717, 1.165) is 5.56 Å². The first-order valence-corrected chi connectivity index (χ1v) is 14.2. The third kappa shape index (κ3) is 9.59. The lowest BCUT2D eigenvalue weighted by Crippen LogP contribution is -2.60. The number of ketones is 1. The van der Waals surface area contributed by atoms with Crippen LogP contribution in [0.3, 0.4) is 0 Å². The SMILES string of the molecule is CC(C)C(N)C(=O)OCOC(=O)OC(C)(C)NC(=O)NC(C(=O)N1CC(=O)C(c2ccc(Cl)cc2)C(C)(C)C1)C(C)C. The summed E-state index contributed by atoms with van der Waals surface area (Å²) in [6, 6.07) is 4.49. The lowest BCUT2D eigenvalue weighted by atomic mass is 9.69. The molecule has 1 aromatic carbocycles. The van der Waals surface area contributed by atoms with E-state index in [9.17, 15) is 24.0 Å². The Labute approximate surface area is 251 Å². The molecule has 13 heteroatoms. The molecule has 2 rings (SSSR count). The second-order valence-electron chi connectivity index (χ2n) is 12.3. The van der Waals surface area contributed by atoms with Crippen LogP contribution in [0.25, 0.3) is 0 Å². The zero-order valence-corrected chi connectivity index (χ0v) is 26.2. The number of carbonyl (C=O) groups excluding carboxylic acids is 5. The highest BCUT2D eigenvalue weighted by atomic mass is 35.5. The van der Waals surface area contributed by atoms with Crippen LogP contribution < -0.4 is 16.4 Å². The average Bonchev–Trinajstić information content (AvgIpc) is 2.85. The Balaban J connectivity index is 1.98. The number of hydrogen-bond acceptors (Lipinski definition) is 9. The summed E-state index contributed by atoms with van der Waals surface area (Å²) in [5.41, 5.74) is 4.37. The largest absolute Gasteiger partial charge is 0.513 e. The van der Waals surface area contributed by atoms with Crippen molar-refractivity contribution in [1.29, 1.82) is 0 Å². The summed E-state index contributed by atoms with van der Waals surface area (Å²) in [6.45, 7) is 13.1. The minimum Gasteiger partial charge on any atom is -0.427 e. The number of rotatable bonds is 10. The standard InChI is InChI=1S/C29H43ClN4O8/c1-16(2)22(31)25(37)40-15-41-27(39)42-29(7,8)33-26(38)32-23(17(3)4)24(36)34-13-20(35)21(28(5,6)14-34)18-9-11-19(30)12-10-18/h9-12,16-17,21-23H,13-15,31H2,1-8H3,(H2,32,33,38). The van der Waals surface area contributed by atoms with Crippen molar-refractivity contribution in [3.8, 4) is 0 Å². The van der Waals surface area contributed by atoms with Gasteiger partial charge < -0.3 is 35.5 Å². The highest BCUT2D eigenvalue weighted by Crippen LogP contribution is 2.41. The maximum Gasteiger partial charge on any atom is 0.513 e. The Hall–Kier alpha value is -3.38. The monoisotopic (exact) mass is 610 g/mol. The van der Waals surface area contributed by atoms with Gasteiger partial charge in [0.15, 0.2) is 11.5 Å². The molecule has 1 aliphatic heterocycles. The summed E-state index contributed by atoms with van der Waals surface area (Å²) >= 11 is 6.01. The number of urea groups is 1. The molecule has 1 aromatic rings. The smallest absolute Gasteiger partial charge is 0.427 e. The summed E-state index contributed by atoms with van der Waals surface area (Å²) in [5.74, 6) is -2.16. The Morgan fingerprint density at radius 1 is 1.07 bits per heavy atom. The van der Waals surface area contributed by atoms with Crippen molar-refractivity contribution in [3.05, 3.63) is 34.9 Å². The number of esters is 1. The molecule has 3 amide bonds. The van der Waals surface area contributed by atoms with Crippen LogP contribution in [0, 0.1) is 17.3 Å². The van der Waals surface area contributed by atoms with Crippen molar-refractivity contribution in [3.63, 3.8) is 0 Å². The van der Waals surface area contributed by atoms with Crippen LogP contribution in [-0.2, 0) is 28.6 Å². The second kappa shape index (κ2) is 14.2. The molecule has 12 nitrogen and oxygen atoms in total. The molecule has 0 aliphatic carbocycles. The molecule has 3 atom stereocenters. The molecule has 3 unspecified atom stereocenters. The number of Topliss-reactive ketones (excluding diaryl/α,β-unsaturated/α-hetero) is 1. The number of halogens is 1. The number of benzene rings is 1. The van der Waals surface area contributed by atoms with Crippen molar-refractivity contribution in [2.75, 3.05) is 19.9 Å². The first-order valence-electron chi connectivity index (χ1n) is 13.8. The molecule has 0 aromatic heterocycles. The van der Waals surface area contributed by atoms with Gasteiger partial charge in [-0.25, -0.2) is 9.59 Å². The number of piperidine rings is 1. The number of hydrogen-bond donors (Lipinski definition) is 3. The van der Waals surface area contributed by atoms with E-state index in [4.69, 9.17) is 31.5 Å². The Bertz CT molecular complexity index is 1150. The van der Waals surface area contributed by atoms with Gasteiger partial charge in [-0.05, 0) is 48.8 Å². The fraction of sp³-hybridized carbons (Fsp3) is 0.621. The first kappa shape index (κ1) is 34.8. The van der Waals surface area contributed by atoms with Crippen LogP contribution in [0.15, 0.2) is 24.3 Å². The predicted molar refractivity (Wildman–Crippen MR) is 155 cm³/mol. The van der Waals surface area contributed by atoms with Gasteiger partial charge in [-0.1, -0.05) is 65.3 Å². The number of ether oxygens (including phenoxy) is 3. The Morgan fingerprint density at radius 2 is 1.67 bits per heavy atom. The molecule has 1 heterocycles. The van der Waals surface area contributed by atoms with Gasteiger partial charge in [-0.2, -0.15) is 0 Å². The van der Waals surface area contributed by atoms with Gasteiger partial charge in [0, 0.05) is 11.6 Å². The van der Waals surface area contributed by atoms with E-state index in [1.54, 1.807) is 39.8 Å². The molecule has 1 saturated heterocycles. The van der Waals surface area contributed by atoms with Crippen molar-refractivity contribution in [1.82, 2.24) is 15.5 Å². The molecule has 42 heavy (non-hydrogen) atoms. The maximum absolute atomic E-state index is 13.6. The maximum atomic E-state index is 13.6. The summed E-state index contributed by atoms with van der Waals surface area (Å²) < 4.78 is 14.7. The molecule has 0 spiro atoms. The van der Waals surface area contributed by atoms with Crippen molar-refractivity contribution < 1.29 is 38.2 Å². The van der Waals surface area contributed by atoms with Crippen molar-refractivity contribution in [2.45, 2.75) is 79.1 Å². The summed E-state index contributed by atoms with van der Waals surface area (Å²) in [7, 11) is 0. The van der Waals surface area contributed by atoms with Gasteiger partial charge >= 0.3 is 18.2 Å². The van der Waals surface area contributed by atoms with E-state index in [1.165, 1.54) is 18.7 Å². The molecule has 0 saturated carbocycles. The van der Waals surface area contributed by atoms with E-state index in [1.807, 2.05) is 26.0 Å². The third-order valence-corrected chi connectivity index (χ3v) is 7.16. The van der Waals surface area contributed by atoms with E-state index < -0.39 is 60.0 Å². The Kier molecular flexibility index (Phi) is 11.8. The number of carbonyl (C=O) groups is 5. The highest BCUT2D eigenvalue weighted by Gasteiger charge is 2.45. The zero-order chi connectivity index (χ0) is 32.0. The molecule has 1 aliphatic rings. The van der Waals surface area contributed by atoms with Crippen LogP contribution in [0.5, 0.6) is 0 Å². The molecular formula is C29H43ClN4O8. The molecular weight excluding hydrogens is 568 g/mol. The average molecular weight is 611 g/mol. The van der Waals surface area contributed by atoms with Crippen molar-refractivity contribution >= 4 is 41.4 Å². The van der Waals surface area contributed by atoms with E-state index in [2.05, 4.69) is 10.6 Å². The quantitative estimate of drug-likeness (QED) is 0.265. The van der Waals surface area contributed by atoms with Gasteiger partial charge in [-0.15, -0.1) is 0 Å². The molecule has 234 valence electrons. The zero-order valence-electron chi connectivity index (χ0n) is 25.5. The van der Waals surface area contributed by atoms with Gasteiger partial charge in [0.25, 0.3) is 0 Å². The van der Waals surface area contributed by atoms with Crippen LogP contribution in [0.1, 0.15) is 66.9 Å². The van der Waals surface area contributed by atoms with Gasteiger partial charge in [-0.3, -0.25) is 14.4 Å². The second-order valence-corrected chi connectivity index (χ2v) is 12.7. The minimum absolute atomic E-state index is 0.102. The van der Waals surface area contributed by atoms with E-state index in [0.29, 0.717) is 11.6 Å². The normalized spacial score (nSPS) is 18.2. The minimum atomic E-state index is -1.56. The Morgan fingerprint density at radius 3 is 2.19 bits per heavy atom. The summed E-state index contributed by atoms with van der Waals surface area (Å²) in [6.07, 6.45) is -1.20. The van der Waals surface area contributed by atoms with Crippen molar-refractivity contribution in [2.24, 2.45) is 23.0 Å². The van der Waals surface area contributed by atoms with Gasteiger partial charge in [0.1, 0.15) is 12.1 Å². The molecule has 0 bridgehead atoms. The first-order chi connectivity index (χ1) is 19.3. The van der Waals surface area contributed by atoms with Crippen LogP contribution in [-0.4, -0.2) is 72.4 Å². The summed E-state index contributed by atoms with van der Waals surface area (Å²) in [5, 5.41) is 5.67. The fourth-order valence-electron chi connectivity index (χ4n) is 4.73. The highest BCUT2D eigenvalue weighted by molar-refractivity contribution is 6.30.